The van der Waals surface area contributed by atoms with Crippen LogP contribution in [0.3, 0.4) is 0 Å². The molecule has 5 aliphatic rings. The van der Waals surface area contributed by atoms with E-state index in [-0.39, 0.29) is 34.2 Å². The van der Waals surface area contributed by atoms with Gasteiger partial charge in [0, 0.05) is 38.8 Å². The summed E-state index contributed by atoms with van der Waals surface area (Å²) in [6.45, 7) is 24.8. The number of rotatable bonds is 5. The molecule has 7 nitrogen and oxygen atoms in total. The molecule has 4 N–H and O–H groups in total. The number of nitrogens with zero attached hydrogens (tertiary/aromatic N) is 1. The first-order valence-corrected chi connectivity index (χ1v) is 19.1. The number of aromatic nitrogens is 1. The minimum absolute atomic E-state index is 0.0846. The largest absolute Gasteiger partial charge is 0.505 e. The summed E-state index contributed by atoms with van der Waals surface area (Å²) < 4.78 is 8.85. The molecule has 7 heteroatoms. The van der Waals surface area contributed by atoms with Crippen LogP contribution in [0.1, 0.15) is 129 Å². The third-order valence-corrected chi connectivity index (χ3v) is 15.1. The molecule has 0 spiro atoms. The van der Waals surface area contributed by atoms with Crippen molar-refractivity contribution in [3.8, 4) is 5.75 Å². The Balaban J connectivity index is 1.38. The Morgan fingerprint density at radius 1 is 1.08 bits per heavy atom. The Hall–Kier alpha value is -2.97. The summed E-state index contributed by atoms with van der Waals surface area (Å²) in [4.78, 5) is 12.5. The molecule has 10 atom stereocenters. The average molecular weight is 696 g/mol. The van der Waals surface area contributed by atoms with Crippen LogP contribution in [0.4, 0.5) is 0 Å². The van der Waals surface area contributed by atoms with Crippen molar-refractivity contribution in [3.05, 3.63) is 59.0 Å². The number of aromatic hydroxyl groups is 1. The maximum Gasteiger partial charge on any atom is 0.149 e. The number of allylic oxidation sites excluding steroid dienone is 1. The molecule has 1 aromatic carbocycles. The molecule has 2 fully saturated rings. The number of aliphatic hydroxyl groups excluding tert-OH is 3. The number of carbonyl (C=O) groups excluding carboxylic acids is 1. The fraction of sp³-hybridized carbons (Fsp3) is 0.614. The molecule has 2 aromatic heterocycles. The van der Waals surface area contributed by atoms with Crippen molar-refractivity contribution in [2.24, 2.45) is 34.5 Å². The molecule has 0 radical (unpaired) electrons. The van der Waals surface area contributed by atoms with Crippen LogP contribution in [-0.4, -0.2) is 54.0 Å². The molecule has 3 aromatic rings. The maximum absolute atomic E-state index is 12.5. The number of Topliss-reactive ketones (excluding diaryl/α,β-unsaturated/α-hetero) is 1. The highest BCUT2D eigenvalue weighted by atomic mass is 16.5. The highest BCUT2D eigenvalue weighted by Gasteiger charge is 2.67. The molecular formula is C44H57NO6. The lowest BCUT2D eigenvalue weighted by Crippen LogP contribution is -2.62. The first-order chi connectivity index (χ1) is 23.6. The Morgan fingerprint density at radius 2 is 1.76 bits per heavy atom. The van der Waals surface area contributed by atoms with E-state index >= 15 is 0 Å². The normalized spacial score (nSPS) is 37.5. The van der Waals surface area contributed by atoms with Crippen LogP contribution >= 0.6 is 0 Å². The van der Waals surface area contributed by atoms with Crippen LogP contribution in [0.2, 0.25) is 0 Å². The number of hydrogen-bond acceptors (Lipinski definition) is 6. The van der Waals surface area contributed by atoms with Gasteiger partial charge in [-0.15, -0.1) is 0 Å². The van der Waals surface area contributed by atoms with Crippen molar-refractivity contribution in [1.82, 2.24) is 4.40 Å². The SMILES string of the molecule is C=C(C)c1c(O)c2c3c(cc4c5c(n1c42)[C@@]1(C)C(CC[C@H]2[C@](C)(C=CC(C(C)=O)C(C)O)[C@@H](O)CC[C@@]21C)C5)C1=CC(C)(C)OC(C)(C)C1[C@@H]3O. The van der Waals surface area contributed by atoms with Crippen molar-refractivity contribution < 1.29 is 30.0 Å². The molecule has 51 heavy (non-hydrogen) atoms. The monoisotopic (exact) mass is 695 g/mol. The van der Waals surface area contributed by atoms with Crippen molar-refractivity contribution >= 4 is 33.2 Å². The summed E-state index contributed by atoms with van der Waals surface area (Å²) in [5.41, 5.74) is 5.64. The zero-order valence-electron chi connectivity index (χ0n) is 32.1. The minimum atomic E-state index is -0.839. The lowest BCUT2D eigenvalue weighted by Gasteiger charge is -2.64. The third-order valence-electron chi connectivity index (χ3n) is 15.1. The van der Waals surface area contributed by atoms with Crippen LogP contribution in [0, 0.1) is 34.5 Å². The van der Waals surface area contributed by atoms with Gasteiger partial charge in [0.05, 0.1) is 46.6 Å². The second-order valence-electron chi connectivity index (χ2n) is 18.9. The van der Waals surface area contributed by atoms with Crippen molar-refractivity contribution in [2.75, 3.05) is 0 Å². The van der Waals surface area contributed by atoms with Gasteiger partial charge in [-0.25, -0.2) is 0 Å². The second kappa shape index (κ2) is 10.6. The van der Waals surface area contributed by atoms with Crippen LogP contribution in [0.25, 0.3) is 27.4 Å². The van der Waals surface area contributed by atoms with Crippen LogP contribution in [0.5, 0.6) is 5.75 Å². The van der Waals surface area contributed by atoms with Gasteiger partial charge in [-0.1, -0.05) is 39.5 Å². The Bertz CT molecular complexity index is 2080. The molecule has 274 valence electrons. The van der Waals surface area contributed by atoms with E-state index in [1.165, 1.54) is 18.2 Å². The van der Waals surface area contributed by atoms with Crippen LogP contribution in [-0.2, 0) is 21.4 Å². The number of ketones is 1. The maximum atomic E-state index is 12.5. The van der Waals surface area contributed by atoms with Gasteiger partial charge in [0.25, 0.3) is 0 Å². The van der Waals surface area contributed by atoms with E-state index in [1.807, 2.05) is 13.0 Å². The second-order valence-corrected chi connectivity index (χ2v) is 18.9. The van der Waals surface area contributed by atoms with E-state index in [1.54, 1.807) is 6.92 Å². The smallest absolute Gasteiger partial charge is 0.149 e. The summed E-state index contributed by atoms with van der Waals surface area (Å²) in [5, 5.41) is 48.6. The summed E-state index contributed by atoms with van der Waals surface area (Å²) in [6.07, 6.45) is 8.22. The number of carbonyl (C=O) groups is 1. The first kappa shape index (κ1) is 35.1. The van der Waals surface area contributed by atoms with E-state index in [0.717, 1.165) is 64.2 Å². The summed E-state index contributed by atoms with van der Waals surface area (Å²) in [7, 11) is 0. The number of aliphatic hydroxyl groups is 3. The molecule has 8 rings (SSSR count). The average Bonchev–Trinajstić information content (AvgIpc) is 3.67. The van der Waals surface area contributed by atoms with Crippen LogP contribution in [0.15, 0.2) is 30.9 Å². The highest BCUT2D eigenvalue weighted by molar-refractivity contribution is 6.11. The Kier molecular flexibility index (Phi) is 7.28. The molecule has 0 saturated heterocycles. The van der Waals surface area contributed by atoms with Gasteiger partial charge < -0.3 is 29.6 Å². The van der Waals surface area contributed by atoms with E-state index in [9.17, 15) is 25.2 Å². The van der Waals surface area contributed by atoms with Gasteiger partial charge in [-0.05, 0) is 132 Å². The highest BCUT2D eigenvalue weighted by Crippen LogP contribution is 2.71. The van der Waals surface area contributed by atoms with Gasteiger partial charge in [-0.2, -0.15) is 0 Å². The first-order valence-electron chi connectivity index (χ1n) is 19.1. The molecule has 0 bridgehead atoms. The number of hydrogen-bond donors (Lipinski definition) is 4. The van der Waals surface area contributed by atoms with Crippen molar-refractivity contribution in [1.29, 1.82) is 0 Å². The summed E-state index contributed by atoms with van der Waals surface area (Å²) >= 11 is 0. The summed E-state index contributed by atoms with van der Waals surface area (Å²) in [6, 6.07) is 2.31. The number of fused-ring (bicyclic) bond motifs is 11. The Labute approximate surface area is 302 Å². The molecule has 4 unspecified atom stereocenters. The predicted octanol–water partition coefficient (Wildman–Crippen LogP) is 8.05. The van der Waals surface area contributed by atoms with Gasteiger partial charge in [0.15, 0.2) is 0 Å². The van der Waals surface area contributed by atoms with E-state index in [2.05, 4.69) is 77.7 Å². The van der Waals surface area contributed by atoms with Gasteiger partial charge in [0.2, 0.25) is 0 Å². The molecule has 3 heterocycles. The number of ether oxygens (including phenoxy) is 1. The predicted molar refractivity (Wildman–Crippen MR) is 202 cm³/mol. The molecule has 0 amide bonds. The van der Waals surface area contributed by atoms with Gasteiger partial charge >= 0.3 is 0 Å². The topological polar surface area (TPSA) is 112 Å². The van der Waals surface area contributed by atoms with Crippen LogP contribution < -0.4 is 0 Å². The van der Waals surface area contributed by atoms with Gasteiger partial charge in [0.1, 0.15) is 11.5 Å². The zero-order valence-corrected chi connectivity index (χ0v) is 32.1. The molecule has 2 saturated carbocycles. The van der Waals surface area contributed by atoms with Crippen molar-refractivity contribution in [2.45, 2.75) is 136 Å². The van der Waals surface area contributed by atoms with Gasteiger partial charge in [-0.3, -0.25) is 4.79 Å². The van der Waals surface area contributed by atoms with E-state index in [0.29, 0.717) is 18.0 Å². The number of benzene rings is 1. The molecule has 4 aliphatic carbocycles. The van der Waals surface area contributed by atoms with Crippen molar-refractivity contribution in [3.63, 3.8) is 0 Å². The Morgan fingerprint density at radius 3 is 2.39 bits per heavy atom. The lowest BCUT2D eigenvalue weighted by atomic mass is 9.40. The fourth-order valence-electron chi connectivity index (χ4n) is 12.9. The zero-order chi connectivity index (χ0) is 37.1. The molecule has 1 aliphatic heterocycles. The van der Waals surface area contributed by atoms with E-state index < -0.39 is 40.8 Å². The standard InChI is InChI=1S/C44H57NO6/c1-21(2)35-38(50)33-32-26(29-20-40(5,6)51-41(7,8)34(29)37(32)49)19-27-28-18-24-12-13-30-42(9,16-14-25(22(3)46)23(4)47)31(48)15-17-43(30,10)44(24,11)39(28)45(35)36(27)33/h14,16,19-20,22,24-25,30-31,34,37,46,48-50H,1,12-13,15,17-18H2,2-11H3/t22?,24?,25?,30-,31-,34?,37+,42-,43-,44+/m0/s1. The van der Waals surface area contributed by atoms with E-state index in [4.69, 9.17) is 4.74 Å². The third kappa shape index (κ3) is 4.24. The lowest BCUT2D eigenvalue weighted by molar-refractivity contribution is -0.144. The quantitative estimate of drug-likeness (QED) is 0.201. The minimum Gasteiger partial charge on any atom is -0.505 e. The molecular weight excluding hydrogens is 638 g/mol. The fourth-order valence-corrected chi connectivity index (χ4v) is 12.9. The summed E-state index contributed by atoms with van der Waals surface area (Å²) in [5.74, 6) is -0.302.